The van der Waals surface area contributed by atoms with Crippen molar-refractivity contribution in [3.63, 3.8) is 0 Å². The van der Waals surface area contributed by atoms with Crippen molar-refractivity contribution >= 4 is 17.6 Å². The molecular formula is C10H16N4. The van der Waals surface area contributed by atoms with Gasteiger partial charge in [-0.05, 0) is 25.6 Å². The van der Waals surface area contributed by atoms with Crippen molar-refractivity contribution in [2.75, 3.05) is 25.1 Å². The maximum absolute atomic E-state index is 5.66. The van der Waals surface area contributed by atoms with Crippen LogP contribution in [0.15, 0.2) is 12.1 Å². The molecule has 0 bridgehead atoms. The van der Waals surface area contributed by atoms with Crippen molar-refractivity contribution in [1.82, 2.24) is 10.3 Å². The lowest BCUT2D eigenvalue weighted by atomic mass is 10.1. The molecule has 0 aliphatic rings. The van der Waals surface area contributed by atoms with E-state index in [1.807, 2.05) is 32.2 Å². The van der Waals surface area contributed by atoms with Gasteiger partial charge >= 0.3 is 0 Å². The molecule has 0 aliphatic heterocycles. The summed E-state index contributed by atoms with van der Waals surface area (Å²) in [7, 11) is 1.90. The van der Waals surface area contributed by atoms with Crippen molar-refractivity contribution in [2.24, 2.45) is 0 Å². The largest absolute Gasteiger partial charge is 0.396 e. The highest BCUT2D eigenvalue weighted by Gasteiger charge is 2.00. The summed E-state index contributed by atoms with van der Waals surface area (Å²) in [6.07, 6.45) is 3.99. The molecule has 0 spiro atoms. The zero-order valence-corrected chi connectivity index (χ0v) is 8.54. The smallest absolute Gasteiger partial charge is 0.146 e. The van der Waals surface area contributed by atoms with Crippen LogP contribution in [-0.2, 0) is 0 Å². The van der Waals surface area contributed by atoms with Gasteiger partial charge in [-0.15, -0.1) is 0 Å². The van der Waals surface area contributed by atoms with Gasteiger partial charge in [-0.25, -0.2) is 4.98 Å². The van der Waals surface area contributed by atoms with Gasteiger partial charge in [-0.1, -0.05) is 12.2 Å². The van der Waals surface area contributed by atoms with E-state index in [-0.39, 0.29) is 0 Å². The summed E-state index contributed by atoms with van der Waals surface area (Å²) in [6.45, 7) is 2.73. The van der Waals surface area contributed by atoms with Crippen LogP contribution in [0.3, 0.4) is 0 Å². The molecule has 1 aromatic heterocycles. The Kier molecular flexibility index (Phi) is 3.48. The number of aryl methyl sites for hydroxylation is 1. The van der Waals surface area contributed by atoms with Crippen molar-refractivity contribution in [2.45, 2.75) is 6.92 Å². The number of aromatic nitrogens is 1. The van der Waals surface area contributed by atoms with E-state index in [1.165, 1.54) is 0 Å². The lowest BCUT2D eigenvalue weighted by molar-refractivity contribution is 0.922. The van der Waals surface area contributed by atoms with E-state index in [0.29, 0.717) is 11.5 Å². The number of hydrogen-bond donors (Lipinski definition) is 3. The van der Waals surface area contributed by atoms with Gasteiger partial charge < -0.3 is 16.8 Å². The number of rotatable bonds is 3. The second-order valence-electron chi connectivity index (χ2n) is 3.10. The standard InChI is InChI=1S/C10H16N4/c1-7-8(4-3-5-13-2)6-9(11)10(12)14-7/h3-4,6,13H,5,11H2,1-2H3,(H2,12,14). The summed E-state index contributed by atoms with van der Waals surface area (Å²) in [6, 6.07) is 1.84. The minimum absolute atomic E-state index is 0.397. The minimum atomic E-state index is 0.397. The number of nitrogens with one attached hydrogen (secondary N) is 1. The van der Waals surface area contributed by atoms with Crippen LogP contribution in [0.25, 0.3) is 6.08 Å². The molecule has 0 radical (unpaired) electrons. The Balaban J connectivity index is 2.92. The number of nitrogens with zero attached hydrogens (tertiary/aromatic N) is 1. The average Bonchev–Trinajstić information content (AvgIpc) is 2.14. The number of pyridine rings is 1. The first-order valence-corrected chi connectivity index (χ1v) is 4.49. The molecule has 0 aromatic carbocycles. The van der Waals surface area contributed by atoms with Gasteiger partial charge in [0.25, 0.3) is 0 Å². The van der Waals surface area contributed by atoms with Crippen molar-refractivity contribution in [3.05, 3.63) is 23.4 Å². The molecule has 1 heterocycles. The predicted octanol–water partition coefficient (Wildman–Crippen LogP) is 0.787. The van der Waals surface area contributed by atoms with Gasteiger partial charge in [0.2, 0.25) is 0 Å². The first kappa shape index (κ1) is 10.5. The maximum atomic E-state index is 5.66. The Morgan fingerprint density at radius 2 is 2.21 bits per heavy atom. The number of hydrogen-bond acceptors (Lipinski definition) is 4. The Morgan fingerprint density at radius 1 is 1.50 bits per heavy atom. The predicted molar refractivity (Wildman–Crippen MR) is 60.8 cm³/mol. The molecular weight excluding hydrogens is 176 g/mol. The Hall–Kier alpha value is -1.55. The van der Waals surface area contributed by atoms with Crippen LogP contribution in [0.2, 0.25) is 0 Å². The third-order valence-electron chi connectivity index (χ3n) is 1.93. The van der Waals surface area contributed by atoms with Crippen LogP contribution in [0, 0.1) is 6.92 Å². The monoisotopic (exact) mass is 192 g/mol. The second-order valence-corrected chi connectivity index (χ2v) is 3.10. The van der Waals surface area contributed by atoms with E-state index in [9.17, 15) is 0 Å². The highest BCUT2D eigenvalue weighted by molar-refractivity contribution is 5.66. The van der Waals surface area contributed by atoms with E-state index in [1.54, 1.807) is 0 Å². The third kappa shape index (κ3) is 2.47. The molecule has 76 valence electrons. The molecule has 4 heteroatoms. The number of likely N-dealkylation sites (N-methyl/N-ethyl adjacent to an activating group) is 1. The van der Waals surface area contributed by atoms with Crippen LogP contribution in [0.1, 0.15) is 11.3 Å². The number of anilines is 2. The summed E-state index contributed by atoms with van der Waals surface area (Å²) in [5.41, 5.74) is 13.7. The highest BCUT2D eigenvalue weighted by atomic mass is 14.9. The summed E-state index contributed by atoms with van der Waals surface area (Å²) >= 11 is 0. The Morgan fingerprint density at radius 3 is 2.86 bits per heavy atom. The fourth-order valence-electron chi connectivity index (χ4n) is 1.13. The van der Waals surface area contributed by atoms with Crippen LogP contribution in [-0.4, -0.2) is 18.6 Å². The average molecular weight is 192 g/mol. The molecule has 1 aromatic rings. The molecule has 4 nitrogen and oxygen atoms in total. The van der Waals surface area contributed by atoms with Gasteiger partial charge in [-0.2, -0.15) is 0 Å². The SMILES string of the molecule is CNCC=Cc1cc(N)c(N)nc1C. The molecule has 14 heavy (non-hydrogen) atoms. The van der Waals surface area contributed by atoms with Crippen LogP contribution >= 0.6 is 0 Å². The first-order chi connectivity index (χ1) is 6.65. The topological polar surface area (TPSA) is 77.0 Å². The molecule has 0 aliphatic carbocycles. The van der Waals surface area contributed by atoms with Gasteiger partial charge in [0.1, 0.15) is 5.82 Å². The number of nitrogens with two attached hydrogens (primary N) is 2. The van der Waals surface area contributed by atoms with Gasteiger partial charge in [-0.3, -0.25) is 0 Å². The maximum Gasteiger partial charge on any atom is 0.146 e. The summed E-state index contributed by atoms with van der Waals surface area (Å²) in [4.78, 5) is 4.13. The summed E-state index contributed by atoms with van der Waals surface area (Å²) in [5, 5.41) is 3.02. The summed E-state index contributed by atoms with van der Waals surface area (Å²) < 4.78 is 0. The van der Waals surface area contributed by atoms with Crippen LogP contribution in [0.4, 0.5) is 11.5 Å². The zero-order valence-electron chi connectivity index (χ0n) is 8.54. The summed E-state index contributed by atoms with van der Waals surface area (Å²) in [5.74, 6) is 0.397. The fraction of sp³-hybridized carbons (Fsp3) is 0.300. The molecule has 0 amide bonds. The molecule has 5 N–H and O–H groups in total. The first-order valence-electron chi connectivity index (χ1n) is 4.49. The van der Waals surface area contributed by atoms with Crippen LogP contribution in [0.5, 0.6) is 0 Å². The van der Waals surface area contributed by atoms with E-state index in [4.69, 9.17) is 11.5 Å². The third-order valence-corrected chi connectivity index (χ3v) is 1.93. The van der Waals surface area contributed by atoms with E-state index in [2.05, 4.69) is 10.3 Å². The number of nitrogen functional groups attached to an aromatic ring is 2. The molecule has 0 saturated carbocycles. The minimum Gasteiger partial charge on any atom is -0.396 e. The van der Waals surface area contributed by atoms with Gasteiger partial charge in [0.15, 0.2) is 0 Å². The molecule has 1 rings (SSSR count). The van der Waals surface area contributed by atoms with Gasteiger partial charge in [0.05, 0.1) is 5.69 Å². The van der Waals surface area contributed by atoms with Crippen molar-refractivity contribution in [3.8, 4) is 0 Å². The lowest BCUT2D eigenvalue weighted by Crippen LogP contribution is -2.04. The van der Waals surface area contributed by atoms with E-state index >= 15 is 0 Å². The fourth-order valence-corrected chi connectivity index (χ4v) is 1.13. The van der Waals surface area contributed by atoms with Gasteiger partial charge in [0, 0.05) is 12.2 Å². The molecule has 0 unspecified atom stereocenters. The molecule has 0 fully saturated rings. The zero-order chi connectivity index (χ0) is 10.6. The quantitative estimate of drug-likeness (QED) is 0.661. The Labute approximate surface area is 84.0 Å². The van der Waals surface area contributed by atoms with Crippen molar-refractivity contribution in [1.29, 1.82) is 0 Å². The highest BCUT2D eigenvalue weighted by Crippen LogP contribution is 2.17. The lowest BCUT2D eigenvalue weighted by Gasteiger charge is -2.04. The molecule has 0 saturated heterocycles. The van der Waals surface area contributed by atoms with E-state index < -0.39 is 0 Å². The van der Waals surface area contributed by atoms with Crippen LogP contribution < -0.4 is 16.8 Å². The van der Waals surface area contributed by atoms with Crippen molar-refractivity contribution < 1.29 is 0 Å². The normalized spacial score (nSPS) is 11.0. The second kappa shape index (κ2) is 4.62. The Bertz CT molecular complexity index is 344. The molecule has 0 atom stereocenters. The van der Waals surface area contributed by atoms with E-state index in [0.717, 1.165) is 17.8 Å².